The predicted molar refractivity (Wildman–Crippen MR) is 121 cm³/mol. The Kier molecular flexibility index (Phi) is 6.67. The minimum absolute atomic E-state index is 0.00806. The Morgan fingerprint density at radius 1 is 0.967 bits per heavy atom. The molecular formula is C25H25ClN2O2. The summed E-state index contributed by atoms with van der Waals surface area (Å²) < 4.78 is 5.81. The summed E-state index contributed by atoms with van der Waals surface area (Å²) in [4.78, 5) is 15.1. The monoisotopic (exact) mass is 420 g/mol. The van der Waals surface area contributed by atoms with Gasteiger partial charge in [-0.1, -0.05) is 41.9 Å². The van der Waals surface area contributed by atoms with E-state index in [-0.39, 0.29) is 11.8 Å². The van der Waals surface area contributed by atoms with E-state index in [0.717, 1.165) is 54.7 Å². The van der Waals surface area contributed by atoms with Gasteiger partial charge >= 0.3 is 0 Å². The number of likely N-dealkylation sites (tertiary alicyclic amines) is 1. The van der Waals surface area contributed by atoms with Crippen molar-refractivity contribution in [2.45, 2.75) is 19.4 Å². The zero-order chi connectivity index (χ0) is 20.8. The van der Waals surface area contributed by atoms with Gasteiger partial charge in [0.1, 0.15) is 11.5 Å². The Hall–Kier alpha value is -2.82. The zero-order valence-electron chi connectivity index (χ0n) is 16.8. The molecule has 0 unspecified atom stereocenters. The number of anilines is 1. The third-order valence-corrected chi connectivity index (χ3v) is 5.55. The molecule has 0 saturated carbocycles. The largest absolute Gasteiger partial charge is 0.457 e. The Bertz CT molecular complexity index is 959. The lowest BCUT2D eigenvalue weighted by Crippen LogP contribution is -2.40. The number of ether oxygens (including phenoxy) is 1. The maximum atomic E-state index is 12.8. The van der Waals surface area contributed by atoms with E-state index in [1.54, 1.807) is 0 Å². The molecule has 1 atom stereocenters. The number of benzene rings is 3. The van der Waals surface area contributed by atoms with E-state index in [1.807, 2.05) is 78.9 Å². The highest BCUT2D eigenvalue weighted by molar-refractivity contribution is 6.30. The number of rotatable bonds is 6. The Balaban J connectivity index is 1.31. The minimum Gasteiger partial charge on any atom is -0.457 e. The molecule has 0 aromatic heterocycles. The number of nitrogens with zero attached hydrogens (tertiary/aromatic N) is 1. The molecule has 4 rings (SSSR count). The van der Waals surface area contributed by atoms with Crippen LogP contribution in [0.5, 0.6) is 11.5 Å². The average molecular weight is 421 g/mol. The molecule has 1 aliphatic rings. The summed E-state index contributed by atoms with van der Waals surface area (Å²) in [5.74, 6) is 1.60. The molecule has 1 heterocycles. The molecule has 154 valence electrons. The van der Waals surface area contributed by atoms with Crippen LogP contribution < -0.4 is 10.1 Å². The van der Waals surface area contributed by atoms with E-state index in [2.05, 4.69) is 10.2 Å². The van der Waals surface area contributed by atoms with Gasteiger partial charge in [0.15, 0.2) is 0 Å². The molecule has 0 radical (unpaired) electrons. The highest BCUT2D eigenvalue weighted by atomic mass is 35.5. The van der Waals surface area contributed by atoms with E-state index < -0.39 is 0 Å². The normalized spacial score (nSPS) is 16.8. The molecule has 4 nitrogen and oxygen atoms in total. The lowest BCUT2D eigenvalue weighted by atomic mass is 9.96. The molecule has 1 aliphatic heterocycles. The van der Waals surface area contributed by atoms with Gasteiger partial charge in [-0.3, -0.25) is 9.69 Å². The summed E-state index contributed by atoms with van der Waals surface area (Å²) in [6.45, 7) is 2.62. The molecule has 0 aliphatic carbocycles. The van der Waals surface area contributed by atoms with Gasteiger partial charge in [-0.2, -0.15) is 0 Å². The lowest BCUT2D eigenvalue weighted by molar-refractivity contribution is -0.121. The predicted octanol–water partition coefficient (Wildman–Crippen LogP) is 5.98. The second-order valence-electron chi connectivity index (χ2n) is 7.63. The van der Waals surface area contributed by atoms with Crippen LogP contribution in [-0.4, -0.2) is 23.9 Å². The van der Waals surface area contributed by atoms with Crippen LogP contribution in [0.1, 0.15) is 18.4 Å². The molecule has 30 heavy (non-hydrogen) atoms. The molecule has 5 heteroatoms. The smallest absolute Gasteiger partial charge is 0.228 e. The molecule has 1 amide bonds. The summed E-state index contributed by atoms with van der Waals surface area (Å²) in [6.07, 6.45) is 1.94. The molecule has 1 saturated heterocycles. The molecule has 0 spiro atoms. The van der Waals surface area contributed by atoms with E-state index in [4.69, 9.17) is 16.3 Å². The van der Waals surface area contributed by atoms with Gasteiger partial charge in [0.2, 0.25) is 5.91 Å². The van der Waals surface area contributed by atoms with Crippen molar-refractivity contribution in [3.05, 3.63) is 89.4 Å². The number of amides is 1. The van der Waals surface area contributed by atoms with Gasteiger partial charge < -0.3 is 10.1 Å². The van der Waals surface area contributed by atoms with Gasteiger partial charge in [0.05, 0.1) is 5.92 Å². The van der Waals surface area contributed by atoms with Crippen molar-refractivity contribution < 1.29 is 9.53 Å². The number of hydrogen-bond donors (Lipinski definition) is 1. The summed E-state index contributed by atoms with van der Waals surface area (Å²) in [7, 11) is 0. The standard InChI is InChI=1S/C25H25ClN2O2/c26-21-10-8-19(9-11-21)17-28-16-4-5-20(18-28)25(29)27-22-12-14-24(15-13-22)30-23-6-2-1-3-7-23/h1-3,6-15,20H,4-5,16-18H2,(H,27,29)/t20-/m1/s1. The Morgan fingerprint density at radius 2 is 1.67 bits per heavy atom. The molecule has 1 fully saturated rings. The minimum atomic E-state index is -0.00806. The average Bonchev–Trinajstić information content (AvgIpc) is 2.78. The third-order valence-electron chi connectivity index (χ3n) is 5.30. The second-order valence-corrected chi connectivity index (χ2v) is 8.07. The van der Waals surface area contributed by atoms with Crippen LogP contribution in [0.4, 0.5) is 5.69 Å². The fraction of sp³-hybridized carbons (Fsp3) is 0.240. The van der Waals surface area contributed by atoms with Crippen molar-refractivity contribution in [1.29, 1.82) is 0 Å². The first-order valence-corrected chi connectivity index (χ1v) is 10.6. The van der Waals surface area contributed by atoms with E-state index in [0.29, 0.717) is 0 Å². The maximum absolute atomic E-state index is 12.8. The number of carbonyl (C=O) groups excluding carboxylic acids is 1. The fourth-order valence-corrected chi connectivity index (χ4v) is 3.86. The van der Waals surface area contributed by atoms with Crippen molar-refractivity contribution in [3.63, 3.8) is 0 Å². The summed E-state index contributed by atoms with van der Waals surface area (Å²) in [5, 5.41) is 3.80. The number of para-hydroxylation sites is 1. The topological polar surface area (TPSA) is 41.6 Å². The zero-order valence-corrected chi connectivity index (χ0v) is 17.5. The molecule has 3 aromatic rings. The lowest BCUT2D eigenvalue weighted by Gasteiger charge is -2.32. The number of halogens is 1. The van der Waals surface area contributed by atoms with E-state index >= 15 is 0 Å². The highest BCUT2D eigenvalue weighted by Crippen LogP contribution is 2.24. The van der Waals surface area contributed by atoms with Crippen LogP contribution in [0.2, 0.25) is 5.02 Å². The highest BCUT2D eigenvalue weighted by Gasteiger charge is 2.25. The van der Waals surface area contributed by atoms with Crippen molar-refractivity contribution >= 4 is 23.2 Å². The van der Waals surface area contributed by atoms with Crippen molar-refractivity contribution in [1.82, 2.24) is 4.90 Å². The van der Waals surface area contributed by atoms with Gasteiger partial charge in [-0.25, -0.2) is 0 Å². The Labute approximate surface area is 182 Å². The van der Waals surface area contributed by atoms with Crippen LogP contribution in [0.3, 0.4) is 0 Å². The first-order valence-electron chi connectivity index (χ1n) is 10.3. The third kappa shape index (κ3) is 5.62. The van der Waals surface area contributed by atoms with E-state index in [9.17, 15) is 4.79 Å². The van der Waals surface area contributed by atoms with Gasteiger partial charge in [-0.05, 0) is 73.5 Å². The number of nitrogens with one attached hydrogen (secondary N) is 1. The SMILES string of the molecule is O=C(Nc1ccc(Oc2ccccc2)cc1)[C@@H]1CCCN(Cc2ccc(Cl)cc2)C1. The van der Waals surface area contributed by atoms with Crippen LogP contribution in [0.25, 0.3) is 0 Å². The van der Waals surface area contributed by atoms with Crippen LogP contribution >= 0.6 is 11.6 Å². The van der Waals surface area contributed by atoms with Crippen molar-refractivity contribution in [2.75, 3.05) is 18.4 Å². The number of hydrogen-bond acceptors (Lipinski definition) is 3. The Morgan fingerprint density at radius 3 is 2.40 bits per heavy atom. The second kappa shape index (κ2) is 9.79. The first-order chi connectivity index (χ1) is 14.7. The first kappa shape index (κ1) is 20.5. The van der Waals surface area contributed by atoms with Crippen LogP contribution in [-0.2, 0) is 11.3 Å². The molecular weight excluding hydrogens is 396 g/mol. The number of carbonyl (C=O) groups is 1. The van der Waals surface area contributed by atoms with Gasteiger partial charge in [0, 0.05) is 23.8 Å². The quantitative estimate of drug-likeness (QED) is 0.533. The molecule has 1 N–H and O–H groups in total. The molecule has 3 aromatic carbocycles. The van der Waals surface area contributed by atoms with Gasteiger partial charge in [0.25, 0.3) is 0 Å². The molecule has 0 bridgehead atoms. The number of piperidine rings is 1. The van der Waals surface area contributed by atoms with Gasteiger partial charge in [-0.15, -0.1) is 0 Å². The van der Waals surface area contributed by atoms with E-state index in [1.165, 1.54) is 5.56 Å². The van der Waals surface area contributed by atoms with Crippen LogP contribution in [0, 0.1) is 5.92 Å². The van der Waals surface area contributed by atoms with Crippen molar-refractivity contribution in [2.24, 2.45) is 5.92 Å². The fourth-order valence-electron chi connectivity index (χ4n) is 3.74. The summed E-state index contributed by atoms with van der Waals surface area (Å²) in [5.41, 5.74) is 2.00. The summed E-state index contributed by atoms with van der Waals surface area (Å²) >= 11 is 5.97. The maximum Gasteiger partial charge on any atom is 0.228 e. The van der Waals surface area contributed by atoms with Crippen molar-refractivity contribution in [3.8, 4) is 11.5 Å². The van der Waals surface area contributed by atoms with Crippen LogP contribution in [0.15, 0.2) is 78.9 Å². The summed E-state index contributed by atoms with van der Waals surface area (Å²) in [6, 6.07) is 25.1.